The second kappa shape index (κ2) is 7.20. The van der Waals surface area contributed by atoms with E-state index >= 15 is 0 Å². The van der Waals surface area contributed by atoms with Crippen molar-refractivity contribution in [2.45, 2.75) is 6.42 Å². The topological polar surface area (TPSA) is 67.0 Å². The number of ether oxygens (including phenoxy) is 1. The summed E-state index contributed by atoms with van der Waals surface area (Å²) in [6.45, 7) is 0. The summed E-state index contributed by atoms with van der Waals surface area (Å²) in [5, 5.41) is 6.26. The Hall–Kier alpha value is -3.19. The molecule has 5 nitrogen and oxygen atoms in total. The SMILES string of the molecule is COc1ccc(CC(=O)Nc2nc(-c3c[nH]c4ccccc34)cs2)cc1F. The first-order chi connectivity index (χ1) is 13.1. The number of carbonyl (C=O) groups is 1. The number of fused-ring (bicyclic) bond motifs is 1. The van der Waals surface area contributed by atoms with Gasteiger partial charge in [-0.25, -0.2) is 9.37 Å². The number of methoxy groups -OCH3 is 1. The van der Waals surface area contributed by atoms with Crippen LogP contribution in [0, 0.1) is 5.82 Å². The Bertz CT molecular complexity index is 1120. The van der Waals surface area contributed by atoms with Gasteiger partial charge in [0.2, 0.25) is 5.91 Å². The molecule has 0 atom stereocenters. The maximum Gasteiger partial charge on any atom is 0.230 e. The molecular formula is C20H16FN3O2S. The molecule has 7 heteroatoms. The van der Waals surface area contributed by atoms with E-state index in [0.29, 0.717) is 10.7 Å². The maximum atomic E-state index is 13.7. The normalized spacial score (nSPS) is 10.9. The fraction of sp³-hybridized carbons (Fsp3) is 0.100. The zero-order valence-corrected chi connectivity index (χ0v) is 15.3. The number of thiazole rings is 1. The number of para-hydroxylation sites is 1. The van der Waals surface area contributed by atoms with E-state index < -0.39 is 5.82 Å². The monoisotopic (exact) mass is 381 g/mol. The van der Waals surface area contributed by atoms with Gasteiger partial charge in [-0.2, -0.15) is 0 Å². The number of aromatic nitrogens is 2. The van der Waals surface area contributed by atoms with E-state index in [2.05, 4.69) is 15.3 Å². The molecule has 0 fully saturated rings. The molecule has 0 spiro atoms. The average molecular weight is 381 g/mol. The van der Waals surface area contributed by atoms with E-state index in [1.165, 1.54) is 30.6 Å². The molecule has 2 N–H and O–H groups in total. The molecule has 0 bridgehead atoms. The fourth-order valence-corrected chi connectivity index (χ4v) is 3.63. The molecule has 0 aliphatic heterocycles. The van der Waals surface area contributed by atoms with E-state index in [1.54, 1.807) is 6.07 Å². The predicted molar refractivity (Wildman–Crippen MR) is 105 cm³/mol. The molecule has 0 unspecified atom stereocenters. The van der Waals surface area contributed by atoms with E-state index in [1.807, 2.05) is 35.8 Å². The molecule has 0 saturated carbocycles. The van der Waals surface area contributed by atoms with Crippen LogP contribution in [-0.2, 0) is 11.2 Å². The van der Waals surface area contributed by atoms with Crippen molar-refractivity contribution in [2.75, 3.05) is 12.4 Å². The quantitative estimate of drug-likeness (QED) is 0.530. The summed E-state index contributed by atoms with van der Waals surface area (Å²) in [7, 11) is 1.40. The Morgan fingerprint density at radius 3 is 2.96 bits per heavy atom. The van der Waals surface area contributed by atoms with Gasteiger partial charge in [0.05, 0.1) is 19.2 Å². The average Bonchev–Trinajstić information content (AvgIpc) is 3.28. The second-order valence-corrected chi connectivity index (χ2v) is 6.84. The summed E-state index contributed by atoms with van der Waals surface area (Å²) in [5.41, 5.74) is 3.38. The van der Waals surface area contributed by atoms with Crippen molar-refractivity contribution in [3.63, 3.8) is 0 Å². The van der Waals surface area contributed by atoms with Crippen LogP contribution in [0.2, 0.25) is 0 Å². The van der Waals surface area contributed by atoms with Gasteiger partial charge in [-0.05, 0) is 23.8 Å². The number of hydrogen-bond donors (Lipinski definition) is 2. The van der Waals surface area contributed by atoms with Crippen molar-refractivity contribution in [3.8, 4) is 17.0 Å². The van der Waals surface area contributed by atoms with Gasteiger partial charge in [0.1, 0.15) is 0 Å². The number of anilines is 1. The second-order valence-electron chi connectivity index (χ2n) is 5.98. The maximum absolute atomic E-state index is 13.7. The molecule has 2 aromatic heterocycles. The predicted octanol–water partition coefficient (Wildman–Crippen LogP) is 4.62. The zero-order valence-electron chi connectivity index (χ0n) is 14.5. The van der Waals surface area contributed by atoms with Crippen molar-refractivity contribution in [1.29, 1.82) is 0 Å². The highest BCUT2D eigenvalue weighted by atomic mass is 32.1. The molecule has 2 heterocycles. The largest absolute Gasteiger partial charge is 0.494 e. The Labute approximate surface area is 158 Å². The third-order valence-corrected chi connectivity index (χ3v) is 4.95. The Morgan fingerprint density at radius 1 is 1.30 bits per heavy atom. The van der Waals surface area contributed by atoms with Crippen LogP contribution < -0.4 is 10.1 Å². The van der Waals surface area contributed by atoms with Crippen LogP contribution in [0.5, 0.6) is 5.75 Å². The summed E-state index contributed by atoms with van der Waals surface area (Å²) < 4.78 is 18.6. The lowest BCUT2D eigenvalue weighted by atomic mass is 10.1. The zero-order chi connectivity index (χ0) is 18.8. The van der Waals surface area contributed by atoms with Crippen molar-refractivity contribution in [1.82, 2.24) is 9.97 Å². The van der Waals surface area contributed by atoms with E-state index in [9.17, 15) is 9.18 Å². The van der Waals surface area contributed by atoms with Gasteiger partial charge in [-0.1, -0.05) is 24.3 Å². The third kappa shape index (κ3) is 3.54. The van der Waals surface area contributed by atoms with Crippen LogP contribution in [-0.4, -0.2) is 23.0 Å². The number of aromatic amines is 1. The van der Waals surface area contributed by atoms with Gasteiger partial charge in [0.25, 0.3) is 0 Å². The van der Waals surface area contributed by atoms with Crippen LogP contribution >= 0.6 is 11.3 Å². The highest BCUT2D eigenvalue weighted by Gasteiger charge is 2.12. The number of benzene rings is 2. The summed E-state index contributed by atoms with van der Waals surface area (Å²) in [5.74, 6) is -0.583. The van der Waals surface area contributed by atoms with Crippen LogP contribution in [0.25, 0.3) is 22.2 Å². The minimum absolute atomic E-state index is 0.0584. The van der Waals surface area contributed by atoms with Crippen LogP contribution in [0.1, 0.15) is 5.56 Å². The summed E-state index contributed by atoms with van der Waals surface area (Å²) in [6.07, 6.45) is 1.97. The molecule has 2 aromatic carbocycles. The molecule has 4 aromatic rings. The highest BCUT2D eigenvalue weighted by molar-refractivity contribution is 7.14. The minimum Gasteiger partial charge on any atom is -0.494 e. The van der Waals surface area contributed by atoms with Crippen molar-refractivity contribution >= 4 is 33.3 Å². The van der Waals surface area contributed by atoms with Crippen LogP contribution in [0.15, 0.2) is 54.0 Å². The van der Waals surface area contributed by atoms with E-state index in [0.717, 1.165) is 22.2 Å². The fourth-order valence-electron chi connectivity index (χ4n) is 2.91. The Morgan fingerprint density at radius 2 is 2.15 bits per heavy atom. The molecule has 0 aliphatic carbocycles. The van der Waals surface area contributed by atoms with E-state index in [4.69, 9.17) is 4.74 Å². The lowest BCUT2D eigenvalue weighted by molar-refractivity contribution is -0.115. The summed E-state index contributed by atoms with van der Waals surface area (Å²) >= 11 is 1.35. The Balaban J connectivity index is 1.47. The molecule has 1 amide bonds. The number of halogens is 1. The standard InChI is InChI=1S/C20H16FN3O2S/c1-26-18-7-6-12(8-15(18)21)9-19(25)24-20-23-17(11-27-20)14-10-22-16-5-3-2-4-13(14)16/h2-8,10-11,22H,9H2,1H3,(H,23,24,25). The number of rotatable bonds is 5. The molecule has 27 heavy (non-hydrogen) atoms. The lowest BCUT2D eigenvalue weighted by Gasteiger charge is -2.05. The third-order valence-electron chi connectivity index (χ3n) is 4.20. The minimum atomic E-state index is -0.487. The van der Waals surface area contributed by atoms with Crippen molar-refractivity contribution in [3.05, 3.63) is 65.4 Å². The first-order valence-corrected chi connectivity index (χ1v) is 9.16. The van der Waals surface area contributed by atoms with Gasteiger partial charge >= 0.3 is 0 Å². The number of carbonyl (C=O) groups excluding carboxylic acids is 1. The molecule has 136 valence electrons. The number of hydrogen-bond acceptors (Lipinski definition) is 4. The van der Waals surface area contributed by atoms with Crippen molar-refractivity contribution < 1.29 is 13.9 Å². The lowest BCUT2D eigenvalue weighted by Crippen LogP contribution is -2.14. The van der Waals surface area contributed by atoms with E-state index in [-0.39, 0.29) is 18.1 Å². The van der Waals surface area contributed by atoms with Gasteiger partial charge in [0.15, 0.2) is 16.7 Å². The molecular weight excluding hydrogens is 365 g/mol. The highest BCUT2D eigenvalue weighted by Crippen LogP contribution is 2.31. The Kier molecular flexibility index (Phi) is 4.60. The molecule has 0 saturated heterocycles. The number of amides is 1. The molecule has 4 rings (SSSR count). The molecule has 0 aliphatic rings. The van der Waals surface area contributed by atoms with Crippen LogP contribution in [0.4, 0.5) is 9.52 Å². The van der Waals surface area contributed by atoms with Crippen LogP contribution in [0.3, 0.4) is 0 Å². The molecule has 0 radical (unpaired) electrons. The van der Waals surface area contributed by atoms with Gasteiger partial charge in [-0.3, -0.25) is 4.79 Å². The first-order valence-electron chi connectivity index (χ1n) is 8.28. The summed E-state index contributed by atoms with van der Waals surface area (Å²) in [4.78, 5) is 20.0. The summed E-state index contributed by atoms with van der Waals surface area (Å²) in [6, 6.07) is 12.5. The number of H-pyrrole nitrogens is 1. The van der Waals surface area contributed by atoms with Gasteiger partial charge < -0.3 is 15.0 Å². The van der Waals surface area contributed by atoms with Crippen molar-refractivity contribution in [2.24, 2.45) is 0 Å². The smallest absolute Gasteiger partial charge is 0.230 e. The first kappa shape index (κ1) is 17.2. The number of nitrogens with one attached hydrogen (secondary N) is 2. The van der Waals surface area contributed by atoms with Gasteiger partial charge in [0, 0.05) is 28.0 Å². The van der Waals surface area contributed by atoms with Gasteiger partial charge in [-0.15, -0.1) is 11.3 Å². The number of nitrogens with zero attached hydrogens (tertiary/aromatic N) is 1.